The number of para-hydroxylation sites is 1. The number of hydrogen-bond acceptors (Lipinski definition) is 3. The number of nitrogens with zero attached hydrogens (tertiary/aromatic N) is 2. The molecule has 128 valence electrons. The summed E-state index contributed by atoms with van der Waals surface area (Å²) in [6.45, 7) is 0.559. The fourth-order valence-corrected chi connectivity index (χ4v) is 2.99. The van der Waals surface area contributed by atoms with Crippen LogP contribution in [0.15, 0.2) is 54.6 Å². The van der Waals surface area contributed by atoms with E-state index in [4.69, 9.17) is 5.11 Å². The van der Waals surface area contributed by atoms with E-state index in [1.54, 1.807) is 11.9 Å². The first-order chi connectivity index (χ1) is 12.0. The molecule has 2 aromatic carbocycles. The van der Waals surface area contributed by atoms with E-state index in [0.717, 1.165) is 5.69 Å². The van der Waals surface area contributed by atoms with Crippen LogP contribution in [0.25, 0.3) is 0 Å². The van der Waals surface area contributed by atoms with Gasteiger partial charge in [-0.15, -0.1) is 0 Å². The molecule has 0 unspecified atom stereocenters. The summed E-state index contributed by atoms with van der Waals surface area (Å²) >= 11 is 0. The Balaban J connectivity index is 1.74. The van der Waals surface area contributed by atoms with Crippen LogP contribution in [-0.4, -0.2) is 47.4 Å². The summed E-state index contributed by atoms with van der Waals surface area (Å²) < 4.78 is 0. The molecule has 0 aromatic heterocycles. The Morgan fingerprint density at radius 1 is 1.04 bits per heavy atom. The molecule has 1 atom stereocenters. The molecule has 0 saturated carbocycles. The number of amides is 2. The first kappa shape index (κ1) is 16.7. The van der Waals surface area contributed by atoms with Crippen molar-refractivity contribution >= 4 is 23.5 Å². The van der Waals surface area contributed by atoms with Gasteiger partial charge in [0.05, 0.1) is 5.56 Å². The molecule has 1 saturated heterocycles. The number of carbonyl (C=O) groups excluding carboxylic acids is 2. The Morgan fingerprint density at radius 2 is 1.64 bits per heavy atom. The predicted molar refractivity (Wildman–Crippen MR) is 92.7 cm³/mol. The minimum absolute atomic E-state index is 0.107. The van der Waals surface area contributed by atoms with Crippen molar-refractivity contribution in [3.63, 3.8) is 0 Å². The fraction of sp³-hybridized carbons (Fsp3) is 0.211. The van der Waals surface area contributed by atoms with Gasteiger partial charge < -0.3 is 14.9 Å². The zero-order valence-corrected chi connectivity index (χ0v) is 13.8. The van der Waals surface area contributed by atoms with Crippen molar-refractivity contribution in [2.75, 3.05) is 18.5 Å². The van der Waals surface area contributed by atoms with Crippen LogP contribution in [-0.2, 0) is 4.79 Å². The van der Waals surface area contributed by atoms with Crippen molar-refractivity contribution in [3.8, 4) is 0 Å². The predicted octanol–water partition coefficient (Wildman–Crippen LogP) is 2.26. The molecular weight excluding hydrogens is 320 g/mol. The highest BCUT2D eigenvalue weighted by Gasteiger charge is 2.37. The highest BCUT2D eigenvalue weighted by Crippen LogP contribution is 2.24. The molecule has 1 N–H and O–H groups in total. The smallest absolute Gasteiger partial charge is 0.335 e. The zero-order chi connectivity index (χ0) is 18.0. The maximum absolute atomic E-state index is 12.7. The minimum atomic E-state index is -1.04. The second-order valence-electron chi connectivity index (χ2n) is 5.93. The largest absolute Gasteiger partial charge is 0.478 e. The van der Waals surface area contributed by atoms with Crippen molar-refractivity contribution in [2.24, 2.45) is 0 Å². The highest BCUT2D eigenvalue weighted by atomic mass is 16.4. The Kier molecular flexibility index (Phi) is 4.52. The van der Waals surface area contributed by atoms with Gasteiger partial charge in [0.15, 0.2) is 0 Å². The lowest BCUT2D eigenvalue weighted by Gasteiger charge is -2.24. The summed E-state index contributed by atoms with van der Waals surface area (Å²) in [5.41, 5.74) is 1.30. The third-order valence-corrected chi connectivity index (χ3v) is 4.41. The Morgan fingerprint density at radius 3 is 2.24 bits per heavy atom. The van der Waals surface area contributed by atoms with Crippen LogP contribution in [0.4, 0.5) is 5.69 Å². The second-order valence-corrected chi connectivity index (χ2v) is 5.93. The number of hydrogen-bond donors (Lipinski definition) is 1. The van der Waals surface area contributed by atoms with Crippen LogP contribution >= 0.6 is 0 Å². The van der Waals surface area contributed by atoms with Crippen molar-refractivity contribution < 1.29 is 19.5 Å². The molecule has 25 heavy (non-hydrogen) atoms. The average molecular weight is 338 g/mol. The van der Waals surface area contributed by atoms with E-state index in [9.17, 15) is 14.4 Å². The molecule has 6 heteroatoms. The molecule has 0 spiro atoms. The normalized spacial score (nSPS) is 16.8. The van der Waals surface area contributed by atoms with Gasteiger partial charge in [-0.2, -0.15) is 0 Å². The first-order valence-electron chi connectivity index (χ1n) is 7.96. The summed E-state index contributed by atoms with van der Waals surface area (Å²) in [7, 11) is 1.60. The monoisotopic (exact) mass is 338 g/mol. The molecule has 1 heterocycles. The molecule has 1 aliphatic heterocycles. The van der Waals surface area contributed by atoms with E-state index < -0.39 is 12.0 Å². The van der Waals surface area contributed by atoms with Crippen LogP contribution in [0.3, 0.4) is 0 Å². The lowest BCUT2D eigenvalue weighted by atomic mass is 10.1. The number of likely N-dealkylation sites (N-methyl/N-ethyl adjacent to an activating group) is 1. The van der Waals surface area contributed by atoms with Gasteiger partial charge in [-0.1, -0.05) is 18.2 Å². The number of anilines is 1. The number of carbonyl (C=O) groups is 3. The molecule has 0 radical (unpaired) electrons. The van der Waals surface area contributed by atoms with Crippen molar-refractivity contribution in [1.29, 1.82) is 0 Å². The lowest BCUT2D eigenvalue weighted by Crippen LogP contribution is -2.43. The third kappa shape index (κ3) is 3.24. The van der Waals surface area contributed by atoms with Crippen LogP contribution in [0, 0.1) is 0 Å². The van der Waals surface area contributed by atoms with E-state index in [0.29, 0.717) is 18.5 Å². The standard InChI is InChI=1S/C19H18N2O4/c1-20(17(22)13-7-9-14(10-8-13)19(24)25)16-11-12-21(18(16)23)15-5-3-2-4-6-15/h2-10,16H,11-12H2,1H3,(H,24,25)/t16-/m0/s1. The number of benzene rings is 2. The SMILES string of the molecule is CN(C(=O)c1ccc(C(=O)O)cc1)[C@H]1CCN(c2ccccc2)C1=O. The summed E-state index contributed by atoms with van der Waals surface area (Å²) in [5, 5.41) is 8.92. The van der Waals surface area contributed by atoms with Gasteiger partial charge in [0.25, 0.3) is 5.91 Å². The van der Waals surface area contributed by atoms with Gasteiger partial charge >= 0.3 is 5.97 Å². The molecule has 1 fully saturated rings. The molecule has 2 aromatic rings. The maximum atomic E-state index is 12.7. The average Bonchev–Trinajstić information content (AvgIpc) is 3.02. The van der Waals surface area contributed by atoms with Gasteiger partial charge in [0, 0.05) is 24.8 Å². The first-order valence-corrected chi connectivity index (χ1v) is 7.96. The summed E-state index contributed by atoms with van der Waals surface area (Å²) in [6.07, 6.45) is 0.559. The fourth-order valence-electron chi connectivity index (χ4n) is 2.99. The third-order valence-electron chi connectivity index (χ3n) is 4.41. The van der Waals surface area contributed by atoms with Crippen LogP contribution in [0.2, 0.25) is 0 Å². The van der Waals surface area contributed by atoms with Crippen molar-refractivity contribution in [2.45, 2.75) is 12.5 Å². The number of carboxylic acid groups (broad SMARTS) is 1. The molecule has 1 aliphatic rings. The van der Waals surface area contributed by atoms with E-state index in [-0.39, 0.29) is 17.4 Å². The van der Waals surface area contributed by atoms with E-state index >= 15 is 0 Å². The number of aromatic carboxylic acids is 1. The molecular formula is C19H18N2O4. The Labute approximate surface area is 145 Å². The summed E-state index contributed by atoms with van der Waals surface area (Å²) in [6, 6.07) is 14.5. The van der Waals surface area contributed by atoms with Crippen LogP contribution < -0.4 is 4.90 Å². The summed E-state index contributed by atoms with van der Waals surface area (Å²) in [4.78, 5) is 39.3. The van der Waals surface area contributed by atoms with Crippen LogP contribution in [0.5, 0.6) is 0 Å². The molecule has 3 rings (SSSR count). The Hall–Kier alpha value is -3.15. The van der Waals surface area contributed by atoms with E-state index in [1.807, 2.05) is 30.3 Å². The maximum Gasteiger partial charge on any atom is 0.335 e. The topological polar surface area (TPSA) is 77.9 Å². The van der Waals surface area contributed by atoms with Crippen molar-refractivity contribution in [3.05, 3.63) is 65.7 Å². The van der Waals surface area contributed by atoms with Gasteiger partial charge in [-0.25, -0.2) is 4.79 Å². The highest BCUT2D eigenvalue weighted by molar-refractivity contribution is 6.04. The van der Waals surface area contributed by atoms with E-state index in [2.05, 4.69) is 0 Å². The Bertz CT molecular complexity index is 802. The number of rotatable bonds is 4. The zero-order valence-electron chi connectivity index (χ0n) is 13.8. The second kappa shape index (κ2) is 6.76. The molecule has 0 bridgehead atoms. The van der Waals surface area contributed by atoms with Gasteiger partial charge in [-0.05, 0) is 42.8 Å². The quantitative estimate of drug-likeness (QED) is 0.927. The minimum Gasteiger partial charge on any atom is -0.478 e. The summed E-state index contributed by atoms with van der Waals surface area (Å²) in [5.74, 6) is -1.45. The van der Waals surface area contributed by atoms with Gasteiger partial charge in [-0.3, -0.25) is 9.59 Å². The number of carboxylic acids is 1. The van der Waals surface area contributed by atoms with E-state index in [1.165, 1.54) is 29.2 Å². The van der Waals surface area contributed by atoms with Crippen LogP contribution in [0.1, 0.15) is 27.1 Å². The molecule has 6 nitrogen and oxygen atoms in total. The van der Waals surface area contributed by atoms with Gasteiger partial charge in [0.2, 0.25) is 5.91 Å². The molecule has 0 aliphatic carbocycles. The molecule has 2 amide bonds. The van der Waals surface area contributed by atoms with Gasteiger partial charge in [0.1, 0.15) is 6.04 Å². The lowest BCUT2D eigenvalue weighted by molar-refractivity contribution is -0.120. The van der Waals surface area contributed by atoms with Crippen molar-refractivity contribution in [1.82, 2.24) is 4.90 Å².